The molecule has 0 aliphatic heterocycles. The van der Waals surface area contributed by atoms with E-state index in [1.807, 2.05) is 24.3 Å². The highest BCUT2D eigenvalue weighted by Crippen LogP contribution is 2.34. The molecule has 2 aliphatic carbocycles. The average Bonchev–Trinajstić information content (AvgIpc) is 2.81. The van der Waals surface area contributed by atoms with Crippen LogP contribution in [0.15, 0.2) is 58.2 Å². The fourth-order valence-corrected chi connectivity index (χ4v) is 2.70. The zero-order chi connectivity index (χ0) is 15.3. The van der Waals surface area contributed by atoms with Crippen molar-refractivity contribution in [2.75, 3.05) is 0 Å². The normalized spacial score (nSPS) is 18.7. The summed E-state index contributed by atoms with van der Waals surface area (Å²) in [6.45, 7) is 0. The average molecular weight is 281 g/mol. The number of fused-ring (bicyclic) bond motifs is 1. The van der Waals surface area contributed by atoms with E-state index in [1.54, 1.807) is 0 Å². The number of rotatable bonds is 0. The van der Waals surface area contributed by atoms with Gasteiger partial charge < -0.3 is 22.9 Å². The van der Waals surface area contributed by atoms with Crippen molar-refractivity contribution in [3.63, 3.8) is 0 Å². The quantitative estimate of drug-likeness (QED) is 0.445. The Labute approximate surface area is 121 Å². The van der Waals surface area contributed by atoms with Crippen LogP contribution >= 0.6 is 0 Å². The van der Waals surface area contributed by atoms with Crippen molar-refractivity contribution in [2.45, 2.75) is 6.42 Å². The minimum absolute atomic E-state index is 0.0965. The molecule has 0 spiro atoms. The third kappa shape index (κ3) is 1.66. The van der Waals surface area contributed by atoms with Crippen LogP contribution in [0.4, 0.5) is 0 Å². The molecule has 0 heterocycles. The fourth-order valence-electron chi connectivity index (χ4n) is 2.70. The third-order valence-electron chi connectivity index (χ3n) is 3.87. The SMILES string of the molecule is N=C1C(=C2C(N)=C(N)C(=O)C(N)=C2N)Cc2ccccc21. The highest BCUT2D eigenvalue weighted by atomic mass is 16.1. The van der Waals surface area contributed by atoms with E-state index in [9.17, 15) is 4.79 Å². The van der Waals surface area contributed by atoms with Crippen LogP contribution in [-0.4, -0.2) is 11.5 Å². The lowest BCUT2D eigenvalue weighted by Crippen LogP contribution is -2.33. The van der Waals surface area contributed by atoms with Gasteiger partial charge in [0.05, 0.1) is 17.1 Å². The molecule has 0 amide bonds. The number of hydrogen-bond donors (Lipinski definition) is 5. The fraction of sp³-hybridized carbons (Fsp3) is 0.0667. The lowest BCUT2D eigenvalue weighted by atomic mass is 9.91. The summed E-state index contributed by atoms with van der Waals surface area (Å²) < 4.78 is 0. The smallest absolute Gasteiger partial charge is 0.228 e. The maximum Gasteiger partial charge on any atom is 0.228 e. The molecule has 1 aromatic carbocycles. The Morgan fingerprint density at radius 3 is 2.05 bits per heavy atom. The maximum absolute atomic E-state index is 11.8. The second-order valence-corrected chi connectivity index (χ2v) is 5.05. The molecule has 0 bridgehead atoms. The van der Waals surface area contributed by atoms with Crippen LogP contribution in [0.3, 0.4) is 0 Å². The Kier molecular flexibility index (Phi) is 2.62. The number of nitrogens with two attached hydrogens (primary N) is 4. The van der Waals surface area contributed by atoms with E-state index in [4.69, 9.17) is 28.3 Å². The van der Waals surface area contributed by atoms with Gasteiger partial charge in [0.15, 0.2) is 0 Å². The van der Waals surface area contributed by atoms with E-state index in [2.05, 4.69) is 0 Å². The molecule has 0 atom stereocenters. The number of nitrogens with one attached hydrogen (secondary N) is 1. The monoisotopic (exact) mass is 281 g/mol. The lowest BCUT2D eigenvalue weighted by molar-refractivity contribution is -0.112. The lowest BCUT2D eigenvalue weighted by Gasteiger charge is -2.21. The van der Waals surface area contributed by atoms with Gasteiger partial charge in [0.25, 0.3) is 0 Å². The minimum Gasteiger partial charge on any atom is -0.396 e. The summed E-state index contributed by atoms with van der Waals surface area (Å²) in [5.74, 6) is -0.559. The van der Waals surface area contributed by atoms with Crippen molar-refractivity contribution in [3.8, 4) is 0 Å². The highest BCUT2D eigenvalue weighted by molar-refractivity contribution is 6.17. The van der Waals surface area contributed by atoms with Crippen LogP contribution in [0.25, 0.3) is 0 Å². The molecule has 0 fully saturated rings. The summed E-state index contributed by atoms with van der Waals surface area (Å²) in [4.78, 5) is 11.8. The predicted molar refractivity (Wildman–Crippen MR) is 79.8 cm³/mol. The zero-order valence-corrected chi connectivity index (χ0v) is 11.2. The van der Waals surface area contributed by atoms with Gasteiger partial charge in [-0.05, 0) is 11.1 Å². The molecular formula is C15H15N5O. The summed E-state index contributed by atoms with van der Waals surface area (Å²) in [6.07, 6.45) is 0.514. The first kappa shape index (κ1) is 13.0. The van der Waals surface area contributed by atoms with Gasteiger partial charge >= 0.3 is 0 Å². The molecule has 3 rings (SSSR count). The van der Waals surface area contributed by atoms with Crippen LogP contribution in [-0.2, 0) is 11.2 Å². The number of ketones is 1. The summed E-state index contributed by atoms with van der Waals surface area (Å²) in [7, 11) is 0. The van der Waals surface area contributed by atoms with Crippen molar-refractivity contribution >= 4 is 11.5 Å². The molecule has 9 N–H and O–H groups in total. The molecule has 6 nitrogen and oxygen atoms in total. The van der Waals surface area contributed by atoms with Crippen LogP contribution in [0, 0.1) is 5.41 Å². The number of carbonyl (C=O) groups is 1. The number of hydrogen-bond acceptors (Lipinski definition) is 6. The molecular weight excluding hydrogens is 266 g/mol. The van der Waals surface area contributed by atoms with E-state index in [0.29, 0.717) is 23.3 Å². The molecule has 106 valence electrons. The van der Waals surface area contributed by atoms with E-state index < -0.39 is 5.78 Å². The Bertz CT molecular complexity index is 768. The van der Waals surface area contributed by atoms with Crippen molar-refractivity contribution < 1.29 is 4.79 Å². The van der Waals surface area contributed by atoms with Gasteiger partial charge in [0.2, 0.25) is 5.78 Å². The predicted octanol–water partition coefficient (Wildman–Crippen LogP) is -0.252. The van der Waals surface area contributed by atoms with Crippen molar-refractivity contribution in [1.29, 1.82) is 5.41 Å². The van der Waals surface area contributed by atoms with Crippen molar-refractivity contribution in [2.24, 2.45) is 22.9 Å². The van der Waals surface area contributed by atoms with Gasteiger partial charge in [0, 0.05) is 17.6 Å². The number of benzene rings is 1. The second kappa shape index (κ2) is 4.24. The number of Topliss-reactive ketones (excluding diaryl/α,β-unsaturated/α-hetero) is 1. The molecule has 6 heteroatoms. The van der Waals surface area contributed by atoms with Gasteiger partial charge in [-0.25, -0.2) is 0 Å². The van der Waals surface area contributed by atoms with E-state index in [1.165, 1.54) is 0 Å². The Morgan fingerprint density at radius 2 is 1.48 bits per heavy atom. The first-order valence-electron chi connectivity index (χ1n) is 6.39. The highest BCUT2D eigenvalue weighted by Gasteiger charge is 2.32. The van der Waals surface area contributed by atoms with Crippen LogP contribution in [0.5, 0.6) is 0 Å². The summed E-state index contributed by atoms with van der Waals surface area (Å²) in [5, 5.41) is 8.31. The minimum atomic E-state index is -0.559. The molecule has 2 aliphatic rings. The maximum atomic E-state index is 11.8. The van der Waals surface area contributed by atoms with Crippen molar-refractivity contribution in [3.05, 3.63) is 69.3 Å². The molecule has 0 saturated heterocycles. The Morgan fingerprint density at radius 1 is 0.905 bits per heavy atom. The number of allylic oxidation sites excluding steroid dienone is 1. The van der Waals surface area contributed by atoms with Crippen molar-refractivity contribution in [1.82, 2.24) is 0 Å². The van der Waals surface area contributed by atoms with E-state index in [-0.39, 0.29) is 22.8 Å². The van der Waals surface area contributed by atoms with Crippen LogP contribution < -0.4 is 22.9 Å². The summed E-state index contributed by atoms with van der Waals surface area (Å²) in [6, 6.07) is 7.58. The molecule has 0 unspecified atom stereocenters. The standard InChI is InChI=1S/C15H15N5O/c16-10-7-4-2-1-3-6(7)5-8(10)9-11(17)13(19)15(21)14(20)12(9)18/h1-4,16H,5,17-20H2. The largest absolute Gasteiger partial charge is 0.396 e. The third-order valence-corrected chi connectivity index (χ3v) is 3.87. The Hall–Kier alpha value is -3.02. The van der Waals surface area contributed by atoms with Gasteiger partial charge in [0.1, 0.15) is 11.4 Å². The van der Waals surface area contributed by atoms with Gasteiger partial charge in [-0.15, -0.1) is 0 Å². The van der Waals surface area contributed by atoms with Crippen LogP contribution in [0.1, 0.15) is 11.1 Å². The number of carbonyl (C=O) groups excluding carboxylic acids is 1. The Balaban J connectivity index is 2.25. The second-order valence-electron chi connectivity index (χ2n) is 5.05. The molecule has 0 radical (unpaired) electrons. The molecule has 0 saturated carbocycles. The van der Waals surface area contributed by atoms with E-state index >= 15 is 0 Å². The summed E-state index contributed by atoms with van der Waals surface area (Å²) >= 11 is 0. The molecule has 0 aromatic heterocycles. The first-order chi connectivity index (χ1) is 9.93. The van der Waals surface area contributed by atoms with Gasteiger partial charge in [-0.1, -0.05) is 24.3 Å². The van der Waals surface area contributed by atoms with E-state index in [0.717, 1.165) is 11.1 Å². The summed E-state index contributed by atoms with van der Waals surface area (Å²) in [5.41, 5.74) is 26.5. The molecule has 21 heavy (non-hydrogen) atoms. The molecule has 1 aromatic rings. The first-order valence-corrected chi connectivity index (χ1v) is 6.39. The van der Waals surface area contributed by atoms with Gasteiger partial charge in [-0.2, -0.15) is 0 Å². The van der Waals surface area contributed by atoms with Gasteiger partial charge in [-0.3, -0.25) is 10.2 Å². The zero-order valence-electron chi connectivity index (χ0n) is 11.2. The van der Waals surface area contributed by atoms with Crippen LogP contribution in [0.2, 0.25) is 0 Å². The topological polar surface area (TPSA) is 145 Å².